The van der Waals surface area contributed by atoms with Crippen molar-refractivity contribution in [2.24, 2.45) is 11.1 Å². The van der Waals surface area contributed by atoms with Crippen LogP contribution in [0.15, 0.2) is 0 Å². The normalized spacial score (nSPS) is 23.1. The van der Waals surface area contributed by atoms with E-state index in [4.69, 9.17) is 5.73 Å². The van der Waals surface area contributed by atoms with Gasteiger partial charge in [-0.05, 0) is 24.7 Å². The van der Waals surface area contributed by atoms with Crippen LogP contribution in [0, 0.1) is 5.41 Å². The van der Waals surface area contributed by atoms with Crippen molar-refractivity contribution in [1.82, 2.24) is 0 Å². The lowest BCUT2D eigenvalue weighted by atomic mass is 9.87. The van der Waals surface area contributed by atoms with Crippen LogP contribution in [0.1, 0.15) is 66.2 Å². The Morgan fingerprint density at radius 3 is 2.19 bits per heavy atom. The van der Waals surface area contributed by atoms with E-state index in [2.05, 4.69) is 39.5 Å². The zero-order valence-corrected chi connectivity index (χ0v) is 12.3. The van der Waals surface area contributed by atoms with E-state index in [0.29, 0.717) is 16.7 Å². The molecule has 2 heteroatoms. The van der Waals surface area contributed by atoms with Crippen LogP contribution in [0.5, 0.6) is 0 Å². The molecule has 0 spiro atoms. The second-order valence-electron chi connectivity index (χ2n) is 6.25. The van der Waals surface area contributed by atoms with Crippen molar-refractivity contribution in [2.45, 2.75) is 82.8 Å². The minimum Gasteiger partial charge on any atom is -0.327 e. The fourth-order valence-corrected chi connectivity index (χ4v) is 4.39. The maximum Gasteiger partial charge on any atom is 0.0250 e. The van der Waals surface area contributed by atoms with Crippen molar-refractivity contribution < 1.29 is 0 Å². The van der Waals surface area contributed by atoms with Gasteiger partial charge in [-0.2, -0.15) is 11.8 Å². The summed E-state index contributed by atoms with van der Waals surface area (Å²) < 4.78 is 0. The fourth-order valence-electron chi connectivity index (χ4n) is 2.57. The Morgan fingerprint density at radius 1 is 1.19 bits per heavy atom. The Kier molecular flexibility index (Phi) is 5.66. The van der Waals surface area contributed by atoms with Gasteiger partial charge in [0.1, 0.15) is 0 Å². The summed E-state index contributed by atoms with van der Waals surface area (Å²) in [6.07, 6.45) is 8.21. The smallest absolute Gasteiger partial charge is 0.0250 e. The van der Waals surface area contributed by atoms with Gasteiger partial charge in [0.05, 0.1) is 0 Å². The SMILES string of the molecule is CCC(N)C(SC1CCCCC1)C(C)(C)C. The zero-order chi connectivity index (χ0) is 12.2. The maximum absolute atomic E-state index is 6.30. The highest BCUT2D eigenvalue weighted by Crippen LogP contribution is 2.40. The monoisotopic (exact) mass is 243 g/mol. The van der Waals surface area contributed by atoms with Gasteiger partial charge in [0.15, 0.2) is 0 Å². The molecule has 0 radical (unpaired) electrons. The van der Waals surface area contributed by atoms with Crippen molar-refractivity contribution in [3.05, 3.63) is 0 Å². The van der Waals surface area contributed by atoms with E-state index in [1.807, 2.05) is 0 Å². The van der Waals surface area contributed by atoms with Gasteiger partial charge in [0.2, 0.25) is 0 Å². The molecule has 2 N–H and O–H groups in total. The van der Waals surface area contributed by atoms with Gasteiger partial charge in [0.25, 0.3) is 0 Å². The molecule has 1 aliphatic rings. The predicted molar refractivity (Wildman–Crippen MR) is 76.0 cm³/mol. The summed E-state index contributed by atoms with van der Waals surface area (Å²) in [5.74, 6) is 0. The third kappa shape index (κ3) is 4.29. The van der Waals surface area contributed by atoms with Crippen molar-refractivity contribution in [1.29, 1.82) is 0 Å². The first-order valence-corrected chi connectivity index (χ1v) is 7.80. The Balaban J connectivity index is 2.55. The summed E-state index contributed by atoms with van der Waals surface area (Å²) in [5, 5.41) is 1.48. The Hall–Kier alpha value is 0.310. The highest BCUT2D eigenvalue weighted by Gasteiger charge is 2.32. The van der Waals surface area contributed by atoms with Gasteiger partial charge in [-0.1, -0.05) is 47.0 Å². The van der Waals surface area contributed by atoms with E-state index in [1.54, 1.807) is 0 Å². The number of hydrogen-bond donors (Lipinski definition) is 1. The van der Waals surface area contributed by atoms with E-state index in [9.17, 15) is 0 Å². The Morgan fingerprint density at radius 2 is 1.75 bits per heavy atom. The van der Waals surface area contributed by atoms with Crippen molar-refractivity contribution in [3.8, 4) is 0 Å². The van der Waals surface area contributed by atoms with Gasteiger partial charge >= 0.3 is 0 Å². The average molecular weight is 243 g/mol. The lowest BCUT2D eigenvalue weighted by molar-refractivity contribution is 0.347. The maximum atomic E-state index is 6.30. The first-order chi connectivity index (χ1) is 7.45. The van der Waals surface area contributed by atoms with Gasteiger partial charge in [0, 0.05) is 16.5 Å². The van der Waals surface area contributed by atoms with Gasteiger partial charge in [-0.15, -0.1) is 0 Å². The molecule has 2 unspecified atom stereocenters. The summed E-state index contributed by atoms with van der Waals surface area (Å²) >= 11 is 2.18. The van der Waals surface area contributed by atoms with E-state index in [1.165, 1.54) is 32.1 Å². The highest BCUT2D eigenvalue weighted by atomic mass is 32.2. The molecule has 1 rings (SSSR count). The van der Waals surface area contributed by atoms with E-state index >= 15 is 0 Å². The van der Waals surface area contributed by atoms with E-state index in [-0.39, 0.29) is 0 Å². The largest absolute Gasteiger partial charge is 0.327 e. The Labute approximate surface area is 106 Å². The molecule has 1 aliphatic carbocycles. The molecule has 0 heterocycles. The molecule has 1 fully saturated rings. The molecule has 0 amide bonds. The quantitative estimate of drug-likeness (QED) is 0.800. The molecule has 1 saturated carbocycles. The minimum absolute atomic E-state index is 0.331. The van der Waals surface area contributed by atoms with Gasteiger partial charge < -0.3 is 5.73 Å². The van der Waals surface area contributed by atoms with Crippen LogP contribution in [0.4, 0.5) is 0 Å². The number of hydrogen-bond acceptors (Lipinski definition) is 2. The van der Waals surface area contributed by atoms with Crippen LogP contribution in [-0.2, 0) is 0 Å². The molecular weight excluding hydrogens is 214 g/mol. The summed E-state index contributed by atoms with van der Waals surface area (Å²) in [7, 11) is 0. The van der Waals surface area contributed by atoms with Crippen LogP contribution >= 0.6 is 11.8 Å². The lowest BCUT2D eigenvalue weighted by Gasteiger charge is -2.37. The van der Waals surface area contributed by atoms with Crippen molar-refractivity contribution >= 4 is 11.8 Å². The van der Waals surface area contributed by atoms with E-state index < -0.39 is 0 Å². The second kappa shape index (κ2) is 6.30. The van der Waals surface area contributed by atoms with Crippen LogP contribution in [0.3, 0.4) is 0 Å². The molecule has 1 nitrogen and oxygen atoms in total. The molecule has 0 aliphatic heterocycles. The highest BCUT2D eigenvalue weighted by molar-refractivity contribution is 8.00. The van der Waals surface area contributed by atoms with Crippen LogP contribution in [0.2, 0.25) is 0 Å². The third-order valence-electron chi connectivity index (χ3n) is 3.61. The molecule has 0 saturated heterocycles. The minimum atomic E-state index is 0.331. The third-order valence-corrected chi connectivity index (χ3v) is 5.81. The molecule has 96 valence electrons. The van der Waals surface area contributed by atoms with Crippen molar-refractivity contribution in [3.63, 3.8) is 0 Å². The van der Waals surface area contributed by atoms with Crippen LogP contribution in [0.25, 0.3) is 0 Å². The molecule has 0 bridgehead atoms. The molecule has 0 aromatic heterocycles. The molecule has 16 heavy (non-hydrogen) atoms. The number of nitrogens with two attached hydrogens (primary N) is 1. The summed E-state index contributed by atoms with van der Waals surface area (Å²) in [6, 6.07) is 0.354. The second-order valence-corrected chi connectivity index (χ2v) is 7.70. The topological polar surface area (TPSA) is 26.0 Å². The first kappa shape index (κ1) is 14.4. The average Bonchev–Trinajstić information content (AvgIpc) is 2.25. The van der Waals surface area contributed by atoms with Crippen LogP contribution in [-0.4, -0.2) is 16.5 Å². The summed E-state index contributed by atoms with van der Waals surface area (Å²) in [6.45, 7) is 9.22. The summed E-state index contributed by atoms with van der Waals surface area (Å²) in [4.78, 5) is 0. The molecular formula is C14H29NS. The summed E-state index contributed by atoms with van der Waals surface area (Å²) in [5.41, 5.74) is 6.63. The molecule has 0 aromatic rings. The van der Waals surface area contributed by atoms with E-state index in [0.717, 1.165) is 11.7 Å². The predicted octanol–water partition coefficient (Wildman–Crippen LogP) is 4.20. The Bertz CT molecular complexity index is 191. The first-order valence-electron chi connectivity index (χ1n) is 6.86. The molecule has 2 atom stereocenters. The lowest BCUT2D eigenvalue weighted by Crippen LogP contribution is -2.42. The standard InChI is InChI=1S/C14H29NS/c1-5-12(15)13(14(2,3)4)16-11-9-7-6-8-10-11/h11-13H,5-10,15H2,1-4H3. The zero-order valence-electron chi connectivity index (χ0n) is 11.5. The molecule has 0 aromatic carbocycles. The number of thioether (sulfide) groups is 1. The van der Waals surface area contributed by atoms with Gasteiger partial charge in [-0.3, -0.25) is 0 Å². The number of rotatable bonds is 4. The fraction of sp³-hybridized carbons (Fsp3) is 1.00. The van der Waals surface area contributed by atoms with Crippen LogP contribution < -0.4 is 5.73 Å². The van der Waals surface area contributed by atoms with Gasteiger partial charge in [-0.25, -0.2) is 0 Å². The van der Waals surface area contributed by atoms with Crippen molar-refractivity contribution in [2.75, 3.05) is 0 Å².